The summed E-state index contributed by atoms with van der Waals surface area (Å²) in [6, 6.07) is 5.06. The van der Waals surface area contributed by atoms with Crippen molar-refractivity contribution >= 4 is 39.3 Å². The van der Waals surface area contributed by atoms with Crippen LogP contribution in [0.25, 0.3) is 0 Å². The molecule has 0 unspecified atom stereocenters. The topological polar surface area (TPSA) is 58.2 Å². The summed E-state index contributed by atoms with van der Waals surface area (Å²) in [6.45, 7) is 0. The van der Waals surface area contributed by atoms with Crippen LogP contribution in [0.2, 0.25) is 5.02 Å². The predicted molar refractivity (Wildman–Crippen MR) is 100.0 cm³/mol. The van der Waals surface area contributed by atoms with Crippen LogP contribution in [-0.2, 0) is 4.79 Å². The van der Waals surface area contributed by atoms with Crippen LogP contribution in [0.4, 0.5) is 0 Å². The Balaban J connectivity index is 1.35. The van der Waals surface area contributed by atoms with Gasteiger partial charge in [-0.3, -0.25) is 20.4 Å². The van der Waals surface area contributed by atoms with Gasteiger partial charge in [-0.1, -0.05) is 27.5 Å². The minimum Gasteiger partial charge on any atom is -0.273 e. The molecule has 0 saturated heterocycles. The SMILES string of the molecule is O=C(CC12CC3CC(CC(C3)C1)C2)NNC(=O)c1cc(Br)ccc1Cl. The molecule has 2 amide bonds. The van der Waals surface area contributed by atoms with Crippen LogP contribution in [0.15, 0.2) is 22.7 Å². The van der Waals surface area contributed by atoms with Crippen LogP contribution in [-0.4, -0.2) is 11.8 Å². The van der Waals surface area contributed by atoms with Gasteiger partial charge in [0.25, 0.3) is 5.91 Å². The van der Waals surface area contributed by atoms with E-state index >= 15 is 0 Å². The van der Waals surface area contributed by atoms with Gasteiger partial charge in [0.15, 0.2) is 0 Å². The van der Waals surface area contributed by atoms with Crippen molar-refractivity contribution in [2.75, 3.05) is 0 Å². The fourth-order valence-electron chi connectivity index (χ4n) is 5.76. The molecule has 4 aliphatic carbocycles. The zero-order chi connectivity index (χ0) is 17.6. The molecular weight excluding hydrogens is 404 g/mol. The fourth-order valence-corrected chi connectivity index (χ4v) is 6.32. The second kappa shape index (κ2) is 6.58. The predicted octanol–water partition coefficient (Wildman–Crippen LogP) is 4.47. The van der Waals surface area contributed by atoms with Crippen molar-refractivity contribution in [3.8, 4) is 0 Å². The van der Waals surface area contributed by atoms with Crippen molar-refractivity contribution in [2.45, 2.75) is 44.9 Å². The number of halogens is 2. The number of hydrogen-bond acceptors (Lipinski definition) is 2. The van der Waals surface area contributed by atoms with Crippen molar-refractivity contribution in [2.24, 2.45) is 23.2 Å². The van der Waals surface area contributed by atoms with E-state index in [9.17, 15) is 9.59 Å². The van der Waals surface area contributed by atoms with Gasteiger partial charge >= 0.3 is 0 Å². The van der Waals surface area contributed by atoms with Crippen LogP contribution >= 0.6 is 27.5 Å². The summed E-state index contributed by atoms with van der Waals surface area (Å²) in [7, 11) is 0. The fraction of sp³-hybridized carbons (Fsp3) is 0.579. The minimum absolute atomic E-state index is 0.0959. The zero-order valence-electron chi connectivity index (χ0n) is 14.0. The Morgan fingerprint density at radius 1 is 1.08 bits per heavy atom. The first-order chi connectivity index (χ1) is 11.9. The van der Waals surface area contributed by atoms with E-state index in [-0.39, 0.29) is 11.3 Å². The minimum atomic E-state index is -0.398. The molecule has 4 bridgehead atoms. The summed E-state index contributed by atoms with van der Waals surface area (Å²) in [5.41, 5.74) is 5.60. The lowest BCUT2D eigenvalue weighted by molar-refractivity contribution is -0.130. The van der Waals surface area contributed by atoms with Gasteiger partial charge < -0.3 is 0 Å². The van der Waals surface area contributed by atoms with E-state index in [0.717, 1.165) is 22.2 Å². The van der Waals surface area contributed by atoms with Crippen LogP contribution in [0, 0.1) is 23.2 Å². The highest BCUT2D eigenvalue weighted by Gasteiger charge is 2.51. The summed E-state index contributed by atoms with van der Waals surface area (Å²) >= 11 is 9.38. The van der Waals surface area contributed by atoms with E-state index in [1.165, 1.54) is 38.5 Å². The summed E-state index contributed by atoms with van der Waals surface area (Å²) in [6.07, 6.45) is 8.13. The number of carbonyl (C=O) groups excluding carboxylic acids is 2. The Bertz CT molecular complexity index is 686. The van der Waals surface area contributed by atoms with Crippen molar-refractivity contribution < 1.29 is 9.59 Å². The Hall–Kier alpha value is -1.07. The molecule has 6 heteroatoms. The van der Waals surface area contributed by atoms with Crippen molar-refractivity contribution in [3.05, 3.63) is 33.3 Å². The second-order valence-electron chi connectivity index (χ2n) is 8.22. The van der Waals surface area contributed by atoms with Crippen LogP contribution < -0.4 is 10.9 Å². The van der Waals surface area contributed by atoms with E-state index in [0.29, 0.717) is 17.0 Å². The van der Waals surface area contributed by atoms with E-state index in [1.807, 2.05) is 0 Å². The van der Waals surface area contributed by atoms with Gasteiger partial charge in [0.1, 0.15) is 0 Å². The Labute approximate surface area is 161 Å². The third kappa shape index (κ3) is 3.59. The normalized spacial score (nSPS) is 32.5. The molecule has 0 radical (unpaired) electrons. The van der Waals surface area contributed by atoms with Crippen molar-refractivity contribution in [1.29, 1.82) is 0 Å². The molecule has 134 valence electrons. The lowest BCUT2D eigenvalue weighted by atomic mass is 9.49. The third-order valence-electron chi connectivity index (χ3n) is 6.19. The van der Waals surface area contributed by atoms with Gasteiger partial charge in [-0.15, -0.1) is 0 Å². The molecule has 0 aromatic heterocycles. The largest absolute Gasteiger partial charge is 0.273 e. The average molecular weight is 426 g/mol. The van der Waals surface area contributed by atoms with Gasteiger partial charge in [-0.25, -0.2) is 0 Å². The van der Waals surface area contributed by atoms with E-state index in [2.05, 4.69) is 26.8 Å². The van der Waals surface area contributed by atoms with E-state index in [1.54, 1.807) is 18.2 Å². The lowest BCUT2D eigenvalue weighted by Gasteiger charge is -2.56. The van der Waals surface area contributed by atoms with E-state index < -0.39 is 5.91 Å². The summed E-state index contributed by atoms with van der Waals surface area (Å²) in [5.74, 6) is 1.95. The smallest absolute Gasteiger partial charge is 0.271 e. The molecule has 4 aliphatic rings. The number of hydrogen-bond donors (Lipinski definition) is 2. The second-order valence-corrected chi connectivity index (χ2v) is 9.54. The number of carbonyl (C=O) groups is 2. The molecule has 25 heavy (non-hydrogen) atoms. The number of nitrogens with one attached hydrogen (secondary N) is 2. The first kappa shape index (κ1) is 17.3. The van der Waals surface area contributed by atoms with Crippen LogP contribution in [0.3, 0.4) is 0 Å². The van der Waals surface area contributed by atoms with E-state index in [4.69, 9.17) is 11.6 Å². The number of amides is 2. The quantitative estimate of drug-likeness (QED) is 0.702. The molecular formula is C19H22BrClN2O2. The monoisotopic (exact) mass is 424 g/mol. The summed E-state index contributed by atoms with van der Waals surface area (Å²) in [5, 5.41) is 0.357. The van der Waals surface area contributed by atoms with Crippen molar-refractivity contribution in [1.82, 2.24) is 10.9 Å². The lowest BCUT2D eigenvalue weighted by Crippen LogP contribution is -2.50. The number of benzene rings is 1. The van der Waals surface area contributed by atoms with Gasteiger partial charge in [0, 0.05) is 10.9 Å². The van der Waals surface area contributed by atoms with Crippen molar-refractivity contribution in [3.63, 3.8) is 0 Å². The first-order valence-electron chi connectivity index (χ1n) is 8.97. The highest BCUT2D eigenvalue weighted by molar-refractivity contribution is 9.10. The highest BCUT2D eigenvalue weighted by atomic mass is 79.9. The average Bonchev–Trinajstić information content (AvgIpc) is 2.53. The molecule has 2 N–H and O–H groups in total. The molecule has 0 spiro atoms. The first-order valence-corrected chi connectivity index (χ1v) is 10.1. The van der Waals surface area contributed by atoms with Gasteiger partial charge in [-0.05, 0) is 79.9 Å². The summed E-state index contributed by atoms with van der Waals surface area (Å²) < 4.78 is 0.766. The van der Waals surface area contributed by atoms with Gasteiger partial charge in [0.2, 0.25) is 5.91 Å². The highest BCUT2D eigenvalue weighted by Crippen LogP contribution is 2.61. The Morgan fingerprint density at radius 2 is 1.68 bits per heavy atom. The molecule has 0 atom stereocenters. The number of hydrazine groups is 1. The third-order valence-corrected chi connectivity index (χ3v) is 7.01. The van der Waals surface area contributed by atoms with Gasteiger partial charge in [-0.2, -0.15) is 0 Å². The van der Waals surface area contributed by atoms with Crippen LogP contribution in [0.5, 0.6) is 0 Å². The molecule has 4 fully saturated rings. The molecule has 0 aliphatic heterocycles. The molecule has 5 rings (SSSR count). The van der Waals surface area contributed by atoms with Gasteiger partial charge in [0.05, 0.1) is 10.6 Å². The standard InChI is InChI=1S/C19H22BrClN2O2/c20-14-1-2-16(21)15(6-14)18(25)23-22-17(24)10-19-7-11-3-12(8-19)5-13(4-11)9-19/h1-2,6,11-13H,3-5,7-10H2,(H,22,24)(H,23,25). The van der Waals surface area contributed by atoms with Crippen LogP contribution in [0.1, 0.15) is 55.3 Å². The molecule has 4 saturated carbocycles. The summed E-state index contributed by atoms with van der Waals surface area (Å²) in [4.78, 5) is 24.7. The maximum absolute atomic E-state index is 12.4. The molecule has 4 nitrogen and oxygen atoms in total. The zero-order valence-corrected chi connectivity index (χ0v) is 16.3. The maximum Gasteiger partial charge on any atom is 0.271 e. The molecule has 1 aromatic rings. The maximum atomic E-state index is 12.4. The Morgan fingerprint density at radius 3 is 2.28 bits per heavy atom. The molecule has 0 heterocycles. The number of rotatable bonds is 3. The Kier molecular flexibility index (Phi) is 4.57. The molecule has 1 aromatic carbocycles.